The molecule has 0 amide bonds. The van der Waals surface area contributed by atoms with Gasteiger partial charge in [0.2, 0.25) is 0 Å². The Morgan fingerprint density at radius 3 is 1.18 bits per heavy atom. The van der Waals surface area contributed by atoms with Gasteiger partial charge in [0.25, 0.3) is 0 Å². The average molecular weight is 217 g/mol. The molecule has 0 spiro atoms. The molecule has 0 heterocycles. The molecule has 0 atom stereocenters. The Bertz CT molecular complexity index is 96.2. The van der Waals surface area contributed by atoms with Gasteiger partial charge in [0.15, 0.2) is 0 Å². The number of nitrogens with one attached hydrogen (secondary N) is 2. The molecule has 0 saturated heterocycles. The van der Waals surface area contributed by atoms with Crippen molar-refractivity contribution in [3.05, 3.63) is 0 Å². The Hall–Kier alpha value is 0.463. The van der Waals surface area contributed by atoms with Crippen molar-refractivity contribution in [1.29, 1.82) is 0 Å². The summed E-state index contributed by atoms with van der Waals surface area (Å²) in [6.45, 7) is 13.2. The minimum absolute atomic E-state index is 0.181. The average Bonchev–Trinajstić information content (AvgIpc) is 1.55. The Kier molecular flexibility index (Phi) is 4.08. The van der Waals surface area contributed by atoms with Crippen molar-refractivity contribution >= 4 is 15.9 Å². The second-order valence-corrected chi connectivity index (χ2v) is 6.45. The van der Waals surface area contributed by atoms with Crippen LogP contribution in [-0.2, 0) is 0 Å². The molecular formula is C8H20GeN2. The topological polar surface area (TPSA) is 24.1 Å². The summed E-state index contributed by atoms with van der Waals surface area (Å²) >= 11 is -0.181. The van der Waals surface area contributed by atoms with Gasteiger partial charge in [-0.2, -0.15) is 0 Å². The molecule has 2 nitrogen and oxygen atoms in total. The van der Waals surface area contributed by atoms with E-state index >= 15 is 0 Å². The van der Waals surface area contributed by atoms with Gasteiger partial charge in [-0.05, 0) is 0 Å². The Labute approximate surface area is 77.4 Å². The molecular weight excluding hydrogens is 197 g/mol. The van der Waals surface area contributed by atoms with E-state index in [1.165, 1.54) is 0 Å². The van der Waals surface area contributed by atoms with Crippen LogP contribution in [0.4, 0.5) is 0 Å². The van der Waals surface area contributed by atoms with E-state index in [4.69, 9.17) is 0 Å². The van der Waals surface area contributed by atoms with Crippen LogP contribution in [0, 0.1) is 0 Å². The Morgan fingerprint density at radius 1 is 0.727 bits per heavy atom. The van der Waals surface area contributed by atoms with Crippen LogP contribution in [-0.4, -0.2) is 27.0 Å². The zero-order chi connectivity index (χ0) is 9.12. The third kappa shape index (κ3) is 10.5. The summed E-state index contributed by atoms with van der Waals surface area (Å²) in [5.74, 6) is 0. The maximum atomic E-state index is 3.49. The van der Waals surface area contributed by atoms with Gasteiger partial charge in [0.1, 0.15) is 0 Å². The third-order valence-corrected chi connectivity index (χ3v) is 4.55. The monoisotopic (exact) mass is 218 g/mol. The van der Waals surface area contributed by atoms with E-state index in [-0.39, 0.29) is 27.0 Å². The van der Waals surface area contributed by atoms with Crippen molar-refractivity contribution in [2.45, 2.75) is 52.6 Å². The van der Waals surface area contributed by atoms with Crippen molar-refractivity contribution in [1.82, 2.24) is 8.55 Å². The van der Waals surface area contributed by atoms with E-state index in [0.717, 1.165) is 0 Å². The molecule has 2 radical (unpaired) electrons. The number of rotatable bonds is 2. The van der Waals surface area contributed by atoms with Crippen LogP contribution in [0.1, 0.15) is 41.5 Å². The molecule has 0 aliphatic heterocycles. The van der Waals surface area contributed by atoms with Gasteiger partial charge >= 0.3 is 77.0 Å². The van der Waals surface area contributed by atoms with Crippen molar-refractivity contribution in [2.75, 3.05) is 0 Å². The zero-order valence-electron chi connectivity index (χ0n) is 8.50. The molecule has 0 fully saturated rings. The first kappa shape index (κ1) is 11.5. The van der Waals surface area contributed by atoms with E-state index in [1.54, 1.807) is 0 Å². The zero-order valence-corrected chi connectivity index (χ0v) is 10.6. The predicted molar refractivity (Wildman–Crippen MR) is 51.5 cm³/mol. The van der Waals surface area contributed by atoms with Crippen LogP contribution >= 0.6 is 0 Å². The molecule has 3 heteroatoms. The number of hydrogen-bond donors (Lipinski definition) is 2. The molecule has 0 aromatic rings. The first-order chi connectivity index (χ1) is 4.71. The summed E-state index contributed by atoms with van der Waals surface area (Å²) in [5.41, 5.74) is 0.524. The van der Waals surface area contributed by atoms with Crippen LogP contribution < -0.4 is 8.55 Å². The molecule has 0 aromatic heterocycles. The number of hydrogen-bond acceptors (Lipinski definition) is 2. The fourth-order valence-electron chi connectivity index (χ4n) is 0.406. The first-order valence-corrected chi connectivity index (χ1v) is 6.10. The molecule has 66 valence electrons. The molecule has 0 rings (SSSR count). The van der Waals surface area contributed by atoms with Crippen molar-refractivity contribution in [2.24, 2.45) is 0 Å². The molecule has 0 saturated carbocycles. The molecule has 2 N–H and O–H groups in total. The van der Waals surface area contributed by atoms with E-state index in [2.05, 4.69) is 50.1 Å². The summed E-state index contributed by atoms with van der Waals surface area (Å²) in [4.78, 5) is 0. The molecule has 0 aromatic carbocycles. The summed E-state index contributed by atoms with van der Waals surface area (Å²) in [5, 5.41) is 0. The van der Waals surface area contributed by atoms with Gasteiger partial charge in [0, 0.05) is 0 Å². The predicted octanol–water partition coefficient (Wildman–Crippen LogP) is 1.30. The minimum atomic E-state index is -0.181. The van der Waals surface area contributed by atoms with Crippen molar-refractivity contribution in [3.8, 4) is 0 Å². The van der Waals surface area contributed by atoms with Gasteiger partial charge in [-0.25, -0.2) is 0 Å². The van der Waals surface area contributed by atoms with Gasteiger partial charge < -0.3 is 0 Å². The molecule has 11 heavy (non-hydrogen) atoms. The summed E-state index contributed by atoms with van der Waals surface area (Å²) < 4.78 is 6.98. The van der Waals surface area contributed by atoms with Crippen LogP contribution in [0.15, 0.2) is 0 Å². The van der Waals surface area contributed by atoms with Crippen LogP contribution in [0.25, 0.3) is 0 Å². The van der Waals surface area contributed by atoms with Gasteiger partial charge in [-0.3, -0.25) is 0 Å². The second-order valence-electron chi connectivity index (χ2n) is 4.88. The summed E-state index contributed by atoms with van der Waals surface area (Å²) in [6.07, 6.45) is 0. The van der Waals surface area contributed by atoms with E-state index < -0.39 is 0 Å². The SMILES string of the molecule is CC(C)(C)[NH][Ge][NH]C(C)(C)C. The van der Waals surface area contributed by atoms with Gasteiger partial charge in [0.05, 0.1) is 0 Å². The quantitative estimate of drug-likeness (QED) is 0.681. The Morgan fingerprint density at radius 2 is 1.00 bits per heavy atom. The summed E-state index contributed by atoms with van der Waals surface area (Å²) in [7, 11) is 0. The molecule has 0 aliphatic carbocycles. The van der Waals surface area contributed by atoms with Gasteiger partial charge in [-0.15, -0.1) is 0 Å². The van der Waals surface area contributed by atoms with Gasteiger partial charge in [-0.1, -0.05) is 0 Å². The van der Waals surface area contributed by atoms with Crippen LogP contribution in [0.3, 0.4) is 0 Å². The first-order valence-electron chi connectivity index (χ1n) is 4.00. The fraction of sp³-hybridized carbons (Fsp3) is 1.00. The molecule has 0 aliphatic rings. The maximum absolute atomic E-state index is 3.49. The van der Waals surface area contributed by atoms with Crippen molar-refractivity contribution < 1.29 is 0 Å². The summed E-state index contributed by atoms with van der Waals surface area (Å²) in [6, 6.07) is 0. The molecule has 0 bridgehead atoms. The van der Waals surface area contributed by atoms with E-state index in [0.29, 0.717) is 0 Å². The third-order valence-electron chi connectivity index (χ3n) is 0.875. The second kappa shape index (κ2) is 3.92. The Balaban J connectivity index is 3.44. The van der Waals surface area contributed by atoms with Crippen LogP contribution in [0.2, 0.25) is 0 Å². The van der Waals surface area contributed by atoms with Crippen molar-refractivity contribution in [3.63, 3.8) is 0 Å². The fourth-order valence-corrected chi connectivity index (χ4v) is 2.11. The normalized spacial score (nSPS) is 13.6. The van der Waals surface area contributed by atoms with Crippen LogP contribution in [0.5, 0.6) is 0 Å². The molecule has 0 unspecified atom stereocenters. The standard InChI is InChI=1S/C8H20GeN2/c1-7(2,3)10-9-11-8(4,5)6/h10-11H,1-6H3. The van der Waals surface area contributed by atoms with E-state index in [1.807, 2.05) is 0 Å². The van der Waals surface area contributed by atoms with E-state index in [9.17, 15) is 0 Å².